The largest absolute Gasteiger partial charge is 0.513 e. The molecule has 0 unspecified atom stereocenters. The summed E-state index contributed by atoms with van der Waals surface area (Å²) in [7, 11) is 1.24. The van der Waals surface area contributed by atoms with Crippen molar-refractivity contribution >= 4 is 29.4 Å². The standard InChI is InChI=1S/C18H18Cl2O4/c1-4-12-8-11(2)17(9-15(12)20)23-10-13-14(19)6-5-7-16(13)24-18(21)22-3/h5-9H,4,10H2,1-3H3. The topological polar surface area (TPSA) is 44.8 Å². The van der Waals surface area contributed by atoms with Gasteiger partial charge in [0.1, 0.15) is 18.1 Å². The summed E-state index contributed by atoms with van der Waals surface area (Å²) in [6, 6.07) is 8.79. The van der Waals surface area contributed by atoms with Gasteiger partial charge in [-0.25, -0.2) is 4.79 Å². The van der Waals surface area contributed by atoms with Crippen LogP contribution in [0, 0.1) is 6.92 Å². The van der Waals surface area contributed by atoms with Crippen molar-refractivity contribution in [2.75, 3.05) is 7.11 Å². The molecule has 2 rings (SSSR count). The van der Waals surface area contributed by atoms with Gasteiger partial charge in [0.25, 0.3) is 0 Å². The van der Waals surface area contributed by atoms with E-state index in [9.17, 15) is 4.79 Å². The number of methoxy groups -OCH3 is 1. The second-order valence-electron chi connectivity index (χ2n) is 5.12. The number of benzene rings is 2. The van der Waals surface area contributed by atoms with Crippen molar-refractivity contribution in [3.63, 3.8) is 0 Å². The Morgan fingerprint density at radius 3 is 2.54 bits per heavy atom. The zero-order chi connectivity index (χ0) is 17.7. The summed E-state index contributed by atoms with van der Waals surface area (Å²) in [5, 5.41) is 1.09. The van der Waals surface area contributed by atoms with Gasteiger partial charge in [0.05, 0.1) is 17.7 Å². The van der Waals surface area contributed by atoms with Gasteiger partial charge in [-0.15, -0.1) is 0 Å². The molecule has 2 aromatic rings. The fourth-order valence-corrected chi connectivity index (χ4v) is 2.71. The monoisotopic (exact) mass is 368 g/mol. The molecule has 0 aliphatic rings. The molecule has 0 saturated carbocycles. The van der Waals surface area contributed by atoms with Crippen LogP contribution in [0.15, 0.2) is 30.3 Å². The van der Waals surface area contributed by atoms with E-state index in [-0.39, 0.29) is 6.61 Å². The lowest BCUT2D eigenvalue weighted by Crippen LogP contribution is -2.10. The number of halogens is 2. The Bertz CT molecular complexity index is 744. The van der Waals surface area contributed by atoms with Crippen LogP contribution in [-0.2, 0) is 17.8 Å². The predicted molar refractivity (Wildman–Crippen MR) is 94.4 cm³/mol. The molecule has 0 heterocycles. The zero-order valence-electron chi connectivity index (χ0n) is 13.7. The lowest BCUT2D eigenvalue weighted by atomic mass is 10.1. The van der Waals surface area contributed by atoms with E-state index >= 15 is 0 Å². The molecule has 0 fully saturated rings. The molecule has 128 valence electrons. The molecule has 24 heavy (non-hydrogen) atoms. The molecular weight excluding hydrogens is 351 g/mol. The molecular formula is C18H18Cl2O4. The number of carbonyl (C=O) groups excluding carboxylic acids is 1. The van der Waals surface area contributed by atoms with E-state index in [4.69, 9.17) is 32.7 Å². The number of aryl methyl sites for hydroxylation is 2. The van der Waals surface area contributed by atoms with E-state index in [0.29, 0.717) is 27.1 Å². The molecule has 0 amide bonds. The van der Waals surface area contributed by atoms with Crippen molar-refractivity contribution in [2.24, 2.45) is 0 Å². The number of hydrogen-bond donors (Lipinski definition) is 0. The molecule has 0 saturated heterocycles. The third kappa shape index (κ3) is 4.34. The Hall–Kier alpha value is -1.91. The van der Waals surface area contributed by atoms with Crippen molar-refractivity contribution in [1.29, 1.82) is 0 Å². The summed E-state index contributed by atoms with van der Waals surface area (Å²) in [6.07, 6.45) is 0.0340. The minimum atomic E-state index is -0.815. The molecule has 0 bridgehead atoms. The maximum absolute atomic E-state index is 11.3. The summed E-state index contributed by atoms with van der Waals surface area (Å²) in [5.41, 5.74) is 2.59. The van der Waals surface area contributed by atoms with Crippen molar-refractivity contribution in [1.82, 2.24) is 0 Å². The van der Waals surface area contributed by atoms with Crippen LogP contribution in [0.1, 0.15) is 23.6 Å². The van der Waals surface area contributed by atoms with Crippen molar-refractivity contribution in [2.45, 2.75) is 26.9 Å². The first kappa shape index (κ1) is 18.4. The van der Waals surface area contributed by atoms with Gasteiger partial charge >= 0.3 is 6.16 Å². The molecule has 2 aromatic carbocycles. The van der Waals surface area contributed by atoms with E-state index < -0.39 is 6.16 Å². The highest BCUT2D eigenvalue weighted by molar-refractivity contribution is 6.31. The quantitative estimate of drug-likeness (QED) is 0.509. The smallest absolute Gasteiger partial charge is 0.488 e. The number of rotatable bonds is 5. The zero-order valence-corrected chi connectivity index (χ0v) is 15.2. The molecule has 0 aromatic heterocycles. The van der Waals surface area contributed by atoms with Crippen LogP contribution in [0.5, 0.6) is 11.5 Å². The highest BCUT2D eigenvalue weighted by Crippen LogP contribution is 2.31. The third-order valence-corrected chi connectivity index (χ3v) is 4.24. The minimum absolute atomic E-state index is 0.134. The summed E-state index contributed by atoms with van der Waals surface area (Å²) >= 11 is 12.4. The number of ether oxygens (including phenoxy) is 3. The number of carbonyl (C=O) groups is 1. The molecule has 6 heteroatoms. The average molecular weight is 369 g/mol. The van der Waals surface area contributed by atoms with Crippen LogP contribution < -0.4 is 9.47 Å². The number of hydrogen-bond acceptors (Lipinski definition) is 4. The highest BCUT2D eigenvalue weighted by atomic mass is 35.5. The maximum atomic E-state index is 11.3. The summed E-state index contributed by atoms with van der Waals surface area (Å²) in [5.74, 6) is 0.949. The maximum Gasteiger partial charge on any atom is 0.513 e. The molecule has 0 atom stereocenters. The van der Waals surface area contributed by atoms with Crippen LogP contribution >= 0.6 is 23.2 Å². The second-order valence-corrected chi connectivity index (χ2v) is 5.94. The minimum Gasteiger partial charge on any atom is -0.488 e. The van der Waals surface area contributed by atoms with Crippen LogP contribution in [0.4, 0.5) is 4.79 Å². The first-order valence-corrected chi connectivity index (χ1v) is 8.16. The van der Waals surface area contributed by atoms with Crippen LogP contribution in [0.3, 0.4) is 0 Å². The molecule has 4 nitrogen and oxygen atoms in total. The average Bonchev–Trinajstić information content (AvgIpc) is 2.56. The Morgan fingerprint density at radius 1 is 1.12 bits per heavy atom. The predicted octanol–water partition coefficient (Wildman–Crippen LogP) is 5.59. The SMILES string of the molecule is CCc1cc(C)c(OCc2c(Cl)cccc2OC(=O)OC)cc1Cl. The van der Waals surface area contributed by atoms with Gasteiger partial charge in [-0.3, -0.25) is 0 Å². The van der Waals surface area contributed by atoms with Gasteiger partial charge < -0.3 is 14.2 Å². The van der Waals surface area contributed by atoms with E-state index in [1.807, 2.05) is 19.9 Å². The van der Waals surface area contributed by atoms with E-state index in [1.54, 1.807) is 24.3 Å². The van der Waals surface area contributed by atoms with Gasteiger partial charge in [-0.2, -0.15) is 0 Å². The normalized spacial score (nSPS) is 10.4. The lowest BCUT2D eigenvalue weighted by Gasteiger charge is -2.15. The lowest BCUT2D eigenvalue weighted by molar-refractivity contribution is 0.120. The molecule has 0 N–H and O–H groups in total. The van der Waals surface area contributed by atoms with E-state index in [1.165, 1.54) is 7.11 Å². The molecule has 0 aliphatic heterocycles. The second kappa shape index (κ2) is 8.27. The Balaban J connectivity index is 2.23. The Morgan fingerprint density at radius 2 is 1.88 bits per heavy atom. The first-order valence-electron chi connectivity index (χ1n) is 7.41. The van der Waals surface area contributed by atoms with Crippen molar-refractivity contribution in [3.05, 3.63) is 57.1 Å². The van der Waals surface area contributed by atoms with E-state index in [2.05, 4.69) is 4.74 Å². The van der Waals surface area contributed by atoms with Crippen molar-refractivity contribution < 1.29 is 19.0 Å². The Labute approximate surface area is 151 Å². The Kier molecular flexibility index (Phi) is 6.35. The summed E-state index contributed by atoms with van der Waals surface area (Å²) in [4.78, 5) is 11.3. The summed E-state index contributed by atoms with van der Waals surface area (Å²) < 4.78 is 15.5. The van der Waals surface area contributed by atoms with Crippen molar-refractivity contribution in [3.8, 4) is 11.5 Å². The third-order valence-electron chi connectivity index (χ3n) is 3.53. The van der Waals surface area contributed by atoms with Gasteiger partial charge in [0.15, 0.2) is 0 Å². The van der Waals surface area contributed by atoms with Gasteiger partial charge in [0.2, 0.25) is 0 Å². The van der Waals surface area contributed by atoms with Crippen LogP contribution in [0.2, 0.25) is 10.0 Å². The van der Waals surface area contributed by atoms with Gasteiger partial charge in [-0.05, 0) is 42.7 Å². The highest BCUT2D eigenvalue weighted by Gasteiger charge is 2.14. The first-order chi connectivity index (χ1) is 11.5. The summed E-state index contributed by atoms with van der Waals surface area (Å²) in [6.45, 7) is 4.12. The van der Waals surface area contributed by atoms with Gasteiger partial charge in [0, 0.05) is 5.02 Å². The molecule has 0 spiro atoms. The fraction of sp³-hybridized carbons (Fsp3) is 0.278. The van der Waals surface area contributed by atoms with E-state index in [0.717, 1.165) is 17.5 Å². The fourth-order valence-electron chi connectivity index (χ4n) is 2.21. The van der Waals surface area contributed by atoms with Gasteiger partial charge in [-0.1, -0.05) is 42.3 Å². The molecule has 0 radical (unpaired) electrons. The molecule has 0 aliphatic carbocycles. The van der Waals surface area contributed by atoms with Crippen LogP contribution in [0.25, 0.3) is 0 Å². The van der Waals surface area contributed by atoms with Crippen LogP contribution in [-0.4, -0.2) is 13.3 Å².